The number of hydrazine groups is 1. The Kier molecular flexibility index (Phi) is 5.19. The van der Waals surface area contributed by atoms with Crippen molar-refractivity contribution in [3.05, 3.63) is 71.0 Å². The first-order valence-corrected chi connectivity index (χ1v) is 8.08. The fourth-order valence-corrected chi connectivity index (χ4v) is 2.25. The van der Waals surface area contributed by atoms with Crippen LogP contribution < -0.4 is 21.3 Å². The zero-order valence-corrected chi connectivity index (χ0v) is 14.6. The average Bonchev–Trinajstić information content (AvgIpc) is 2.66. The summed E-state index contributed by atoms with van der Waals surface area (Å²) in [5.41, 5.74) is 12.8. The Morgan fingerprint density at radius 1 is 1.15 bits per heavy atom. The second-order valence-corrected chi connectivity index (χ2v) is 5.81. The molecule has 26 heavy (non-hydrogen) atoms. The van der Waals surface area contributed by atoms with E-state index in [2.05, 4.69) is 20.8 Å². The van der Waals surface area contributed by atoms with Crippen molar-refractivity contribution in [2.75, 3.05) is 11.2 Å². The Hall–Kier alpha value is -3.32. The van der Waals surface area contributed by atoms with Crippen LogP contribution in [0.5, 0.6) is 11.6 Å². The van der Waals surface area contributed by atoms with Crippen LogP contribution >= 0.6 is 11.6 Å². The molecule has 0 unspecified atom stereocenters. The maximum atomic E-state index is 12.1. The Labute approximate surface area is 155 Å². The topological polar surface area (TPSA) is 102 Å². The van der Waals surface area contributed by atoms with Crippen LogP contribution in [0.4, 0.5) is 11.5 Å². The largest absolute Gasteiger partial charge is 0.437 e. The number of hydrogen-bond donors (Lipinski definition) is 3. The molecule has 0 bridgehead atoms. The van der Waals surface area contributed by atoms with Gasteiger partial charge in [-0.05, 0) is 42.8 Å². The van der Waals surface area contributed by atoms with Crippen molar-refractivity contribution in [3.63, 3.8) is 0 Å². The van der Waals surface area contributed by atoms with Gasteiger partial charge in [0.15, 0.2) is 5.82 Å². The van der Waals surface area contributed by atoms with Gasteiger partial charge >= 0.3 is 0 Å². The van der Waals surface area contributed by atoms with Crippen molar-refractivity contribution in [2.24, 2.45) is 0 Å². The van der Waals surface area contributed by atoms with Crippen LogP contribution in [0.1, 0.15) is 15.9 Å². The number of nitrogens with two attached hydrogens (primary N) is 1. The molecular formula is C18H16ClN5O2. The summed E-state index contributed by atoms with van der Waals surface area (Å²) in [4.78, 5) is 20.1. The molecule has 1 aromatic heterocycles. The molecule has 1 heterocycles. The number of ether oxygens (including phenoxy) is 1. The first-order chi connectivity index (χ1) is 12.5. The molecule has 0 radical (unpaired) electrons. The van der Waals surface area contributed by atoms with Crippen LogP contribution in [0.3, 0.4) is 0 Å². The highest BCUT2D eigenvalue weighted by atomic mass is 35.5. The standard InChI is InChI=1S/C18H16ClN5O2/c1-11-9-13(7-8-14(11)19)26-18-15(20)16(21-10-22-18)23-24-17(25)12-5-3-2-4-6-12/h2-10H,20H2,1H3,(H,24,25)(H,21,22,23). The van der Waals surface area contributed by atoms with Gasteiger partial charge in [0.25, 0.3) is 5.91 Å². The van der Waals surface area contributed by atoms with Crippen LogP contribution in [-0.4, -0.2) is 15.9 Å². The zero-order chi connectivity index (χ0) is 18.5. The molecule has 0 atom stereocenters. The predicted octanol–water partition coefficient (Wildman–Crippen LogP) is 3.57. The predicted molar refractivity (Wildman–Crippen MR) is 100 cm³/mol. The summed E-state index contributed by atoms with van der Waals surface area (Å²) in [5, 5.41) is 0.638. The molecule has 0 aliphatic rings. The lowest BCUT2D eigenvalue weighted by Gasteiger charge is -2.13. The minimum absolute atomic E-state index is 0.161. The van der Waals surface area contributed by atoms with Gasteiger partial charge in [0.05, 0.1) is 0 Å². The number of halogens is 1. The molecule has 1 amide bonds. The first kappa shape index (κ1) is 17.5. The summed E-state index contributed by atoms with van der Waals surface area (Å²) < 4.78 is 5.69. The number of rotatable bonds is 5. The number of carbonyl (C=O) groups excluding carboxylic acids is 1. The molecule has 7 nitrogen and oxygen atoms in total. The van der Waals surface area contributed by atoms with Gasteiger partial charge < -0.3 is 10.5 Å². The van der Waals surface area contributed by atoms with Gasteiger partial charge in [-0.25, -0.2) is 4.98 Å². The molecule has 0 aliphatic carbocycles. The second-order valence-electron chi connectivity index (χ2n) is 5.40. The number of hydrogen-bond acceptors (Lipinski definition) is 6. The van der Waals surface area contributed by atoms with Crippen molar-refractivity contribution in [1.29, 1.82) is 0 Å². The van der Waals surface area contributed by atoms with E-state index in [4.69, 9.17) is 22.1 Å². The van der Waals surface area contributed by atoms with Crippen LogP contribution in [0.2, 0.25) is 5.02 Å². The zero-order valence-electron chi connectivity index (χ0n) is 13.9. The third-order valence-corrected chi connectivity index (χ3v) is 3.95. The van der Waals surface area contributed by atoms with E-state index in [1.807, 2.05) is 13.0 Å². The molecule has 0 spiro atoms. The molecule has 0 saturated carbocycles. The number of aryl methyl sites for hydroxylation is 1. The Morgan fingerprint density at radius 3 is 2.65 bits per heavy atom. The van der Waals surface area contributed by atoms with Crippen molar-refractivity contribution in [2.45, 2.75) is 6.92 Å². The van der Waals surface area contributed by atoms with Gasteiger partial charge in [0.1, 0.15) is 17.8 Å². The number of benzene rings is 2. The third-order valence-electron chi connectivity index (χ3n) is 3.52. The quantitative estimate of drug-likeness (QED) is 0.594. The lowest BCUT2D eigenvalue weighted by atomic mass is 10.2. The monoisotopic (exact) mass is 369 g/mol. The number of aromatic nitrogens is 2. The average molecular weight is 370 g/mol. The maximum absolute atomic E-state index is 12.1. The van der Waals surface area contributed by atoms with E-state index in [0.717, 1.165) is 5.56 Å². The number of nitrogen functional groups attached to an aromatic ring is 1. The number of nitrogens with zero attached hydrogens (tertiary/aromatic N) is 2. The van der Waals surface area contributed by atoms with Crippen LogP contribution in [0, 0.1) is 6.92 Å². The van der Waals surface area contributed by atoms with Crippen molar-refractivity contribution < 1.29 is 9.53 Å². The highest BCUT2D eigenvalue weighted by Crippen LogP contribution is 2.30. The van der Waals surface area contributed by atoms with E-state index in [-0.39, 0.29) is 23.3 Å². The van der Waals surface area contributed by atoms with Gasteiger partial charge in [0, 0.05) is 10.6 Å². The molecule has 3 aromatic rings. The van der Waals surface area contributed by atoms with Gasteiger partial charge in [-0.3, -0.25) is 15.6 Å². The molecule has 3 rings (SSSR count). The Balaban J connectivity index is 1.72. The Bertz CT molecular complexity index is 934. The van der Waals surface area contributed by atoms with Crippen molar-refractivity contribution in [1.82, 2.24) is 15.4 Å². The van der Waals surface area contributed by atoms with Crippen LogP contribution in [0.15, 0.2) is 54.9 Å². The number of carbonyl (C=O) groups is 1. The smallest absolute Gasteiger partial charge is 0.269 e. The Morgan fingerprint density at radius 2 is 1.92 bits per heavy atom. The fraction of sp³-hybridized carbons (Fsp3) is 0.0556. The molecule has 132 valence electrons. The highest BCUT2D eigenvalue weighted by molar-refractivity contribution is 6.31. The molecule has 2 aromatic carbocycles. The summed E-state index contributed by atoms with van der Waals surface area (Å²) in [6, 6.07) is 14.0. The van der Waals surface area contributed by atoms with E-state index >= 15 is 0 Å². The summed E-state index contributed by atoms with van der Waals surface area (Å²) in [5.74, 6) is 0.610. The molecule has 0 saturated heterocycles. The van der Waals surface area contributed by atoms with Crippen LogP contribution in [0.25, 0.3) is 0 Å². The minimum atomic E-state index is -0.320. The summed E-state index contributed by atoms with van der Waals surface area (Å²) >= 11 is 6.01. The third kappa shape index (κ3) is 4.01. The normalized spacial score (nSPS) is 10.2. The number of amides is 1. The SMILES string of the molecule is Cc1cc(Oc2ncnc(NNC(=O)c3ccccc3)c2N)ccc1Cl. The first-order valence-electron chi connectivity index (χ1n) is 7.70. The van der Waals surface area contributed by atoms with E-state index in [1.165, 1.54) is 6.33 Å². The lowest BCUT2D eigenvalue weighted by Crippen LogP contribution is -2.30. The summed E-state index contributed by atoms with van der Waals surface area (Å²) in [6.45, 7) is 1.87. The lowest BCUT2D eigenvalue weighted by molar-refractivity contribution is 0.0962. The van der Waals surface area contributed by atoms with E-state index in [1.54, 1.807) is 42.5 Å². The molecule has 4 N–H and O–H groups in total. The van der Waals surface area contributed by atoms with Gasteiger partial charge in [0.2, 0.25) is 5.88 Å². The summed E-state index contributed by atoms with van der Waals surface area (Å²) in [7, 11) is 0. The highest BCUT2D eigenvalue weighted by Gasteiger charge is 2.12. The van der Waals surface area contributed by atoms with Gasteiger partial charge in [-0.15, -0.1) is 0 Å². The number of nitrogens with one attached hydrogen (secondary N) is 2. The summed E-state index contributed by atoms with van der Waals surface area (Å²) in [6.07, 6.45) is 1.28. The van der Waals surface area contributed by atoms with Crippen molar-refractivity contribution >= 4 is 29.0 Å². The van der Waals surface area contributed by atoms with E-state index in [9.17, 15) is 4.79 Å². The second kappa shape index (κ2) is 7.71. The number of anilines is 2. The molecule has 0 aliphatic heterocycles. The van der Waals surface area contributed by atoms with Gasteiger partial charge in [-0.2, -0.15) is 4.98 Å². The van der Waals surface area contributed by atoms with E-state index < -0.39 is 0 Å². The fourth-order valence-electron chi connectivity index (χ4n) is 2.13. The van der Waals surface area contributed by atoms with Gasteiger partial charge in [-0.1, -0.05) is 29.8 Å². The van der Waals surface area contributed by atoms with Crippen molar-refractivity contribution in [3.8, 4) is 11.6 Å². The molecule has 0 fully saturated rings. The minimum Gasteiger partial charge on any atom is -0.437 e. The van der Waals surface area contributed by atoms with Crippen LogP contribution in [-0.2, 0) is 0 Å². The molecule has 8 heteroatoms. The van der Waals surface area contributed by atoms with E-state index in [0.29, 0.717) is 16.3 Å². The maximum Gasteiger partial charge on any atom is 0.269 e. The molecular weight excluding hydrogens is 354 g/mol.